The molecule has 1 aliphatic heterocycles. The standard InChI is InChI=1S/C26H35F3N2O2/c1-5-23(32)16-20(4)8-6-7-15-31(25-14-11-22(17-30-25)19(2)3)18-21-9-12-24(13-10-21)33-26(27,28)29/h5,8-12,14,16,19,24,30,32H,1,6-7,13,15,17-18H2,2-4H3/b20-8+,23-16+. The molecule has 0 saturated carbocycles. The Kier molecular flexibility index (Phi) is 10.1. The molecule has 1 aliphatic carbocycles. The highest BCUT2D eigenvalue weighted by Gasteiger charge is 2.32. The Bertz CT molecular complexity index is 861. The Morgan fingerprint density at radius 3 is 2.67 bits per heavy atom. The van der Waals surface area contributed by atoms with Gasteiger partial charge < -0.3 is 15.3 Å². The number of aliphatic hydroxyl groups is 1. The molecule has 182 valence electrons. The van der Waals surface area contributed by atoms with Crippen LogP contribution in [0.5, 0.6) is 0 Å². The maximum absolute atomic E-state index is 12.5. The number of hydrogen-bond donors (Lipinski definition) is 2. The number of hydrogen-bond acceptors (Lipinski definition) is 4. The summed E-state index contributed by atoms with van der Waals surface area (Å²) in [6.45, 7) is 11.9. The molecule has 1 heterocycles. The van der Waals surface area contributed by atoms with Gasteiger partial charge in [0.2, 0.25) is 0 Å². The van der Waals surface area contributed by atoms with Crippen molar-refractivity contribution in [2.75, 3.05) is 19.6 Å². The fraction of sp³-hybridized carbons (Fsp3) is 0.462. The molecule has 0 saturated heterocycles. The molecule has 2 N–H and O–H groups in total. The van der Waals surface area contributed by atoms with Crippen molar-refractivity contribution in [3.63, 3.8) is 0 Å². The van der Waals surface area contributed by atoms with Crippen molar-refractivity contribution in [1.82, 2.24) is 10.2 Å². The van der Waals surface area contributed by atoms with Gasteiger partial charge in [0.1, 0.15) is 11.6 Å². The number of rotatable bonds is 11. The van der Waals surface area contributed by atoms with Gasteiger partial charge in [-0.1, -0.05) is 56.4 Å². The molecular weight excluding hydrogens is 429 g/mol. The molecule has 0 aromatic rings. The van der Waals surface area contributed by atoms with E-state index in [1.54, 1.807) is 12.2 Å². The first kappa shape index (κ1) is 26.6. The Labute approximate surface area is 195 Å². The van der Waals surface area contributed by atoms with Crippen molar-refractivity contribution >= 4 is 0 Å². The molecule has 0 fully saturated rings. The van der Waals surface area contributed by atoms with Crippen LogP contribution in [0.2, 0.25) is 0 Å². The summed E-state index contributed by atoms with van der Waals surface area (Å²) in [4.78, 5) is 2.22. The summed E-state index contributed by atoms with van der Waals surface area (Å²) in [7, 11) is 0. The predicted molar refractivity (Wildman–Crippen MR) is 127 cm³/mol. The monoisotopic (exact) mass is 464 g/mol. The van der Waals surface area contributed by atoms with Crippen LogP contribution in [0, 0.1) is 5.92 Å². The van der Waals surface area contributed by atoms with Crippen LogP contribution in [0.15, 0.2) is 83.5 Å². The molecule has 0 amide bonds. The average molecular weight is 465 g/mol. The zero-order valence-corrected chi connectivity index (χ0v) is 19.7. The number of aliphatic hydroxyl groups excluding tert-OH is 1. The number of nitrogens with one attached hydrogen (secondary N) is 1. The lowest BCUT2D eigenvalue weighted by Gasteiger charge is -2.32. The largest absolute Gasteiger partial charge is 0.523 e. The third-order valence-corrected chi connectivity index (χ3v) is 5.49. The molecule has 33 heavy (non-hydrogen) atoms. The molecule has 7 heteroatoms. The molecule has 4 nitrogen and oxygen atoms in total. The molecule has 0 aromatic carbocycles. The first-order valence-corrected chi connectivity index (χ1v) is 11.3. The van der Waals surface area contributed by atoms with Gasteiger partial charge in [0.25, 0.3) is 0 Å². The second kappa shape index (κ2) is 12.5. The van der Waals surface area contributed by atoms with E-state index in [2.05, 4.69) is 53.6 Å². The molecule has 0 bridgehead atoms. The quantitative estimate of drug-likeness (QED) is 0.209. The molecule has 2 rings (SSSR count). The number of halogens is 3. The Morgan fingerprint density at radius 2 is 2.12 bits per heavy atom. The van der Waals surface area contributed by atoms with E-state index in [4.69, 9.17) is 0 Å². The Balaban J connectivity index is 2.04. The molecular formula is C26H35F3N2O2. The normalized spacial score (nSPS) is 19.6. The molecule has 1 unspecified atom stereocenters. The van der Waals surface area contributed by atoms with Crippen molar-refractivity contribution < 1.29 is 23.0 Å². The van der Waals surface area contributed by atoms with Crippen LogP contribution in [0.1, 0.15) is 40.0 Å². The van der Waals surface area contributed by atoms with Gasteiger partial charge in [-0.15, -0.1) is 13.2 Å². The van der Waals surface area contributed by atoms with Crippen LogP contribution in [0.4, 0.5) is 13.2 Å². The van der Waals surface area contributed by atoms with Gasteiger partial charge in [-0.05, 0) is 61.5 Å². The molecule has 0 spiro atoms. The minimum atomic E-state index is -4.63. The van der Waals surface area contributed by atoms with E-state index in [0.29, 0.717) is 12.5 Å². The predicted octanol–water partition coefficient (Wildman–Crippen LogP) is 6.46. The number of unbranched alkanes of at least 4 members (excludes halogenated alkanes) is 1. The van der Waals surface area contributed by atoms with E-state index in [0.717, 1.165) is 42.9 Å². The highest BCUT2D eigenvalue weighted by molar-refractivity contribution is 5.29. The summed E-state index contributed by atoms with van der Waals surface area (Å²) < 4.78 is 41.5. The topological polar surface area (TPSA) is 44.7 Å². The first-order chi connectivity index (χ1) is 15.6. The summed E-state index contributed by atoms with van der Waals surface area (Å²) >= 11 is 0. The van der Waals surface area contributed by atoms with Crippen molar-refractivity contribution in [1.29, 1.82) is 0 Å². The van der Waals surface area contributed by atoms with Gasteiger partial charge in [0.15, 0.2) is 0 Å². The van der Waals surface area contributed by atoms with Crippen LogP contribution in [-0.4, -0.2) is 42.1 Å². The SMILES string of the molecule is C=C/C(O)=C\C(C)=C\CCCN(CC1=CCC(OC(F)(F)F)C=C1)C1=CC=C(C(C)C)CN1. The fourth-order valence-electron chi connectivity index (χ4n) is 3.60. The Morgan fingerprint density at radius 1 is 1.36 bits per heavy atom. The second-order valence-corrected chi connectivity index (χ2v) is 8.56. The number of dihydropyridines is 1. The van der Waals surface area contributed by atoms with Gasteiger partial charge in [-0.2, -0.15) is 0 Å². The van der Waals surface area contributed by atoms with Crippen LogP contribution >= 0.6 is 0 Å². The van der Waals surface area contributed by atoms with E-state index in [9.17, 15) is 18.3 Å². The second-order valence-electron chi connectivity index (χ2n) is 8.56. The lowest BCUT2D eigenvalue weighted by Crippen LogP contribution is -2.37. The van der Waals surface area contributed by atoms with E-state index >= 15 is 0 Å². The van der Waals surface area contributed by atoms with Crippen molar-refractivity contribution in [2.45, 2.75) is 52.5 Å². The lowest BCUT2D eigenvalue weighted by molar-refractivity contribution is -0.336. The molecule has 2 aliphatic rings. The summed E-state index contributed by atoms with van der Waals surface area (Å²) in [5.41, 5.74) is 3.26. The van der Waals surface area contributed by atoms with E-state index in [1.807, 2.05) is 13.0 Å². The van der Waals surface area contributed by atoms with Gasteiger partial charge in [-0.3, -0.25) is 4.74 Å². The third-order valence-electron chi connectivity index (χ3n) is 5.49. The van der Waals surface area contributed by atoms with Crippen LogP contribution in [0.25, 0.3) is 0 Å². The van der Waals surface area contributed by atoms with Crippen LogP contribution < -0.4 is 5.32 Å². The Hall–Kier alpha value is -2.67. The zero-order valence-electron chi connectivity index (χ0n) is 19.7. The fourth-order valence-corrected chi connectivity index (χ4v) is 3.60. The van der Waals surface area contributed by atoms with Gasteiger partial charge >= 0.3 is 6.36 Å². The van der Waals surface area contributed by atoms with Gasteiger partial charge in [0, 0.05) is 19.6 Å². The zero-order chi connectivity index (χ0) is 24.4. The summed E-state index contributed by atoms with van der Waals surface area (Å²) in [6, 6.07) is 0. The van der Waals surface area contributed by atoms with Crippen molar-refractivity contribution in [2.24, 2.45) is 5.92 Å². The average Bonchev–Trinajstić information content (AvgIpc) is 2.76. The molecule has 1 atom stereocenters. The smallest absolute Gasteiger partial charge is 0.508 e. The lowest BCUT2D eigenvalue weighted by atomic mass is 10.0. The summed E-state index contributed by atoms with van der Waals surface area (Å²) in [6.07, 6.45) is 10.7. The van der Waals surface area contributed by atoms with Crippen molar-refractivity contribution in [3.05, 3.63) is 83.5 Å². The van der Waals surface area contributed by atoms with E-state index in [-0.39, 0.29) is 12.2 Å². The van der Waals surface area contributed by atoms with Crippen LogP contribution in [0.3, 0.4) is 0 Å². The number of ether oxygens (including phenoxy) is 1. The van der Waals surface area contributed by atoms with Gasteiger partial charge in [-0.25, -0.2) is 0 Å². The maximum Gasteiger partial charge on any atom is 0.523 e. The number of alkyl halides is 3. The molecule has 0 aromatic heterocycles. The summed E-state index contributed by atoms with van der Waals surface area (Å²) in [5.74, 6) is 1.61. The maximum atomic E-state index is 12.5. The number of nitrogens with zero attached hydrogens (tertiary/aromatic N) is 1. The first-order valence-electron chi connectivity index (χ1n) is 11.3. The minimum Gasteiger partial charge on any atom is -0.508 e. The van der Waals surface area contributed by atoms with Crippen molar-refractivity contribution in [3.8, 4) is 0 Å². The highest BCUT2D eigenvalue weighted by Crippen LogP contribution is 2.25. The summed E-state index contributed by atoms with van der Waals surface area (Å²) in [5, 5.41) is 13.0. The van der Waals surface area contributed by atoms with Gasteiger partial charge in [0.05, 0.1) is 6.10 Å². The highest BCUT2D eigenvalue weighted by atomic mass is 19.4. The van der Waals surface area contributed by atoms with Crippen LogP contribution in [-0.2, 0) is 4.74 Å². The minimum absolute atomic E-state index is 0.138. The van der Waals surface area contributed by atoms with E-state index in [1.165, 1.54) is 17.7 Å². The number of allylic oxidation sites excluding steroid dienone is 6. The van der Waals surface area contributed by atoms with E-state index < -0.39 is 12.5 Å². The molecule has 0 radical (unpaired) electrons. The third kappa shape index (κ3) is 9.78.